The SMILES string of the molecule is COc1cc(C)c2c(ccn2C(=O)O)c1C=O. The molecule has 2 aromatic rings. The number of carbonyl (C=O) groups is 2. The molecule has 0 bridgehead atoms. The maximum atomic E-state index is 11.1. The Balaban J connectivity index is 2.91. The molecular weight excluding hydrogens is 222 g/mol. The van der Waals surface area contributed by atoms with E-state index in [1.807, 2.05) is 0 Å². The van der Waals surface area contributed by atoms with Crippen LogP contribution in [-0.4, -0.2) is 29.2 Å². The van der Waals surface area contributed by atoms with E-state index in [4.69, 9.17) is 9.84 Å². The fourth-order valence-corrected chi connectivity index (χ4v) is 1.98. The largest absolute Gasteiger partial charge is 0.496 e. The summed E-state index contributed by atoms with van der Waals surface area (Å²) in [6.07, 6.45) is 1.02. The highest BCUT2D eigenvalue weighted by atomic mass is 16.5. The molecule has 88 valence electrons. The minimum atomic E-state index is -1.08. The molecule has 0 saturated carbocycles. The van der Waals surface area contributed by atoms with E-state index < -0.39 is 6.09 Å². The van der Waals surface area contributed by atoms with Gasteiger partial charge in [0.25, 0.3) is 0 Å². The van der Waals surface area contributed by atoms with Crippen LogP contribution in [0, 0.1) is 6.92 Å². The van der Waals surface area contributed by atoms with Gasteiger partial charge in [0.15, 0.2) is 6.29 Å². The van der Waals surface area contributed by atoms with Crippen LogP contribution < -0.4 is 4.74 Å². The maximum Gasteiger partial charge on any atom is 0.416 e. The minimum absolute atomic E-state index is 0.369. The number of carbonyl (C=O) groups excluding carboxylic acids is 1. The first-order valence-corrected chi connectivity index (χ1v) is 4.97. The summed E-state index contributed by atoms with van der Waals surface area (Å²) < 4.78 is 6.20. The van der Waals surface area contributed by atoms with Crippen molar-refractivity contribution in [2.45, 2.75) is 6.92 Å². The highest BCUT2D eigenvalue weighted by molar-refractivity contribution is 6.03. The molecule has 0 radical (unpaired) electrons. The average Bonchev–Trinajstić information content (AvgIpc) is 2.73. The van der Waals surface area contributed by atoms with Gasteiger partial charge < -0.3 is 9.84 Å². The first-order valence-electron chi connectivity index (χ1n) is 4.97. The molecule has 2 rings (SSSR count). The number of benzene rings is 1. The number of carboxylic acid groups (broad SMARTS) is 1. The molecular formula is C12H11NO4. The third-order valence-electron chi connectivity index (χ3n) is 2.71. The molecule has 1 heterocycles. The van der Waals surface area contributed by atoms with Crippen LogP contribution in [-0.2, 0) is 0 Å². The smallest absolute Gasteiger partial charge is 0.416 e. The molecule has 1 N–H and O–H groups in total. The molecule has 0 saturated heterocycles. The van der Waals surface area contributed by atoms with Gasteiger partial charge in [0.2, 0.25) is 0 Å². The van der Waals surface area contributed by atoms with Gasteiger partial charge in [-0.25, -0.2) is 4.79 Å². The number of aldehydes is 1. The van der Waals surface area contributed by atoms with Crippen molar-refractivity contribution in [3.8, 4) is 5.75 Å². The topological polar surface area (TPSA) is 68.5 Å². The van der Waals surface area contributed by atoms with E-state index in [0.717, 1.165) is 10.1 Å². The molecule has 0 amide bonds. The van der Waals surface area contributed by atoms with Crippen molar-refractivity contribution in [1.29, 1.82) is 0 Å². The molecule has 1 aromatic carbocycles. The standard InChI is InChI=1S/C12H11NO4/c1-7-5-10(17-2)9(6-14)8-3-4-13(11(7)8)12(15)16/h3-6H,1-2H3,(H,15,16). The third kappa shape index (κ3) is 1.56. The summed E-state index contributed by atoms with van der Waals surface area (Å²) in [6, 6.07) is 3.26. The summed E-state index contributed by atoms with van der Waals surface area (Å²) in [7, 11) is 1.47. The van der Waals surface area contributed by atoms with E-state index in [-0.39, 0.29) is 0 Å². The summed E-state index contributed by atoms with van der Waals surface area (Å²) in [5.41, 5.74) is 1.63. The lowest BCUT2D eigenvalue weighted by atomic mass is 10.1. The summed E-state index contributed by atoms with van der Waals surface area (Å²) >= 11 is 0. The van der Waals surface area contributed by atoms with Crippen LogP contribution in [0.1, 0.15) is 15.9 Å². The lowest BCUT2D eigenvalue weighted by Crippen LogP contribution is -2.07. The lowest BCUT2D eigenvalue weighted by Gasteiger charge is -2.08. The molecule has 0 aliphatic heterocycles. The fraction of sp³-hybridized carbons (Fsp3) is 0.167. The summed E-state index contributed by atoms with van der Waals surface area (Å²) in [6.45, 7) is 1.78. The number of hydrogen-bond acceptors (Lipinski definition) is 3. The zero-order valence-corrected chi connectivity index (χ0v) is 9.43. The van der Waals surface area contributed by atoms with E-state index in [9.17, 15) is 9.59 Å². The predicted octanol–water partition coefficient (Wildman–Crippen LogP) is 2.30. The summed E-state index contributed by atoms with van der Waals surface area (Å²) in [4.78, 5) is 22.1. The Hall–Kier alpha value is -2.30. The van der Waals surface area contributed by atoms with Gasteiger partial charge in [-0.3, -0.25) is 9.36 Å². The van der Waals surface area contributed by atoms with Crippen molar-refractivity contribution >= 4 is 23.3 Å². The highest BCUT2D eigenvalue weighted by Gasteiger charge is 2.16. The van der Waals surface area contributed by atoms with Crippen molar-refractivity contribution in [2.75, 3.05) is 7.11 Å². The molecule has 0 spiro atoms. The van der Waals surface area contributed by atoms with Gasteiger partial charge in [0, 0.05) is 11.6 Å². The van der Waals surface area contributed by atoms with Crippen molar-refractivity contribution in [3.05, 3.63) is 29.5 Å². The van der Waals surface area contributed by atoms with Crippen LogP contribution in [0.2, 0.25) is 0 Å². The van der Waals surface area contributed by atoms with E-state index in [2.05, 4.69) is 0 Å². The predicted molar refractivity (Wildman–Crippen MR) is 62.0 cm³/mol. The Morgan fingerprint density at radius 3 is 2.76 bits per heavy atom. The number of aromatic nitrogens is 1. The number of methoxy groups -OCH3 is 1. The lowest BCUT2D eigenvalue weighted by molar-refractivity contribution is 0.112. The number of fused-ring (bicyclic) bond motifs is 1. The molecule has 0 atom stereocenters. The number of nitrogens with zero attached hydrogens (tertiary/aromatic N) is 1. The van der Waals surface area contributed by atoms with Crippen LogP contribution in [0.4, 0.5) is 4.79 Å². The highest BCUT2D eigenvalue weighted by Crippen LogP contribution is 2.30. The van der Waals surface area contributed by atoms with Gasteiger partial charge in [-0.15, -0.1) is 0 Å². The van der Waals surface area contributed by atoms with Crippen LogP contribution in [0.5, 0.6) is 5.75 Å². The zero-order chi connectivity index (χ0) is 12.6. The minimum Gasteiger partial charge on any atom is -0.496 e. The molecule has 1 aromatic heterocycles. The Labute approximate surface area is 97.2 Å². The molecule has 17 heavy (non-hydrogen) atoms. The van der Waals surface area contributed by atoms with Crippen molar-refractivity contribution in [1.82, 2.24) is 4.57 Å². The fourth-order valence-electron chi connectivity index (χ4n) is 1.98. The second-order valence-corrected chi connectivity index (χ2v) is 3.66. The van der Waals surface area contributed by atoms with Gasteiger partial charge in [-0.1, -0.05) is 0 Å². The Morgan fingerprint density at radius 1 is 1.53 bits per heavy atom. The first kappa shape index (κ1) is 11.2. The Morgan fingerprint density at radius 2 is 2.24 bits per heavy atom. The quantitative estimate of drug-likeness (QED) is 0.808. The van der Waals surface area contributed by atoms with Gasteiger partial charge in [-0.2, -0.15) is 0 Å². The Bertz CT molecular complexity index is 612. The molecule has 0 aliphatic rings. The molecule has 0 aliphatic carbocycles. The first-order chi connectivity index (χ1) is 8.10. The van der Waals surface area contributed by atoms with Crippen LogP contribution in [0.25, 0.3) is 10.9 Å². The van der Waals surface area contributed by atoms with Crippen molar-refractivity contribution in [2.24, 2.45) is 0 Å². The van der Waals surface area contributed by atoms with E-state index >= 15 is 0 Å². The van der Waals surface area contributed by atoms with Crippen LogP contribution >= 0.6 is 0 Å². The summed E-state index contributed by atoms with van der Waals surface area (Å²) in [5, 5.41) is 9.61. The second kappa shape index (κ2) is 3.93. The second-order valence-electron chi connectivity index (χ2n) is 3.66. The monoisotopic (exact) mass is 233 g/mol. The van der Waals surface area contributed by atoms with Gasteiger partial charge in [0.05, 0.1) is 18.2 Å². The van der Waals surface area contributed by atoms with E-state index in [1.165, 1.54) is 13.3 Å². The number of aryl methyl sites for hydroxylation is 1. The van der Waals surface area contributed by atoms with Gasteiger partial charge in [-0.05, 0) is 24.6 Å². The molecule has 5 nitrogen and oxygen atoms in total. The van der Waals surface area contributed by atoms with Crippen molar-refractivity contribution < 1.29 is 19.4 Å². The number of rotatable bonds is 2. The van der Waals surface area contributed by atoms with Crippen LogP contribution in [0.15, 0.2) is 18.3 Å². The number of hydrogen-bond donors (Lipinski definition) is 1. The molecule has 5 heteroatoms. The third-order valence-corrected chi connectivity index (χ3v) is 2.71. The van der Waals surface area contributed by atoms with Gasteiger partial charge in [0.1, 0.15) is 5.75 Å². The normalized spacial score (nSPS) is 10.5. The van der Waals surface area contributed by atoms with Gasteiger partial charge >= 0.3 is 6.09 Å². The zero-order valence-electron chi connectivity index (χ0n) is 9.43. The van der Waals surface area contributed by atoms with Crippen molar-refractivity contribution in [3.63, 3.8) is 0 Å². The van der Waals surface area contributed by atoms with E-state index in [1.54, 1.807) is 19.1 Å². The van der Waals surface area contributed by atoms with Crippen LogP contribution in [0.3, 0.4) is 0 Å². The average molecular weight is 233 g/mol. The van der Waals surface area contributed by atoms with E-state index in [0.29, 0.717) is 28.5 Å². The Kier molecular flexibility index (Phi) is 2.59. The number of ether oxygens (including phenoxy) is 1. The maximum absolute atomic E-state index is 11.1. The summed E-state index contributed by atoms with van der Waals surface area (Å²) in [5.74, 6) is 0.452. The molecule has 0 unspecified atom stereocenters. The molecule has 0 fully saturated rings.